The molecule has 318 valence electrons. The SMILES string of the molecule is c1ccc(-c2ccc(-c3cc(-c4ccc(-c5ccccc5)cc4)cc(-c4cccc5c4oc4c5ccc5c6ccccc6n(-c6ccc(-c7cccc(-c8ccccc8)c7)cc6)c54)c3)cc2)cc1. The van der Waals surface area contributed by atoms with Crippen LogP contribution in [-0.4, -0.2) is 4.57 Å². The maximum atomic E-state index is 7.29. The third kappa shape index (κ3) is 6.90. The number of aromatic nitrogens is 1. The van der Waals surface area contributed by atoms with Crippen LogP contribution in [0.3, 0.4) is 0 Å². The van der Waals surface area contributed by atoms with Crippen LogP contribution in [0.1, 0.15) is 0 Å². The fourth-order valence-electron chi connectivity index (χ4n) is 10.2. The summed E-state index contributed by atoms with van der Waals surface area (Å²) in [4.78, 5) is 0. The van der Waals surface area contributed by atoms with Gasteiger partial charge >= 0.3 is 0 Å². The van der Waals surface area contributed by atoms with Crippen molar-refractivity contribution in [3.05, 3.63) is 261 Å². The van der Waals surface area contributed by atoms with Gasteiger partial charge in [0.05, 0.1) is 11.0 Å². The van der Waals surface area contributed by atoms with E-state index in [4.69, 9.17) is 4.42 Å². The van der Waals surface area contributed by atoms with Crippen molar-refractivity contribution in [1.29, 1.82) is 0 Å². The molecule has 0 atom stereocenters. The molecular formula is C66H43NO. The number of fused-ring (bicyclic) bond motifs is 7. The summed E-state index contributed by atoms with van der Waals surface area (Å²) >= 11 is 0. The molecule has 2 nitrogen and oxygen atoms in total. The van der Waals surface area contributed by atoms with Crippen LogP contribution in [0.4, 0.5) is 0 Å². The third-order valence-corrected chi connectivity index (χ3v) is 13.6. The minimum Gasteiger partial charge on any atom is -0.453 e. The number of furan rings is 1. The number of hydrogen-bond acceptors (Lipinski definition) is 1. The molecule has 0 aliphatic heterocycles. The van der Waals surface area contributed by atoms with Gasteiger partial charge in [0.2, 0.25) is 0 Å². The van der Waals surface area contributed by atoms with E-state index in [0.717, 1.165) is 77.4 Å². The van der Waals surface area contributed by atoms with Gasteiger partial charge in [0.25, 0.3) is 0 Å². The minimum absolute atomic E-state index is 0.877. The van der Waals surface area contributed by atoms with Gasteiger partial charge in [0, 0.05) is 32.8 Å². The number of para-hydroxylation sites is 2. The molecule has 0 fully saturated rings. The first-order chi connectivity index (χ1) is 33.7. The van der Waals surface area contributed by atoms with Crippen molar-refractivity contribution in [2.45, 2.75) is 0 Å². The molecule has 0 aliphatic rings. The molecule has 0 unspecified atom stereocenters. The lowest BCUT2D eigenvalue weighted by Gasteiger charge is -2.13. The molecule has 2 aromatic heterocycles. The van der Waals surface area contributed by atoms with Crippen molar-refractivity contribution in [2.75, 3.05) is 0 Å². The van der Waals surface area contributed by atoms with Crippen LogP contribution in [0.2, 0.25) is 0 Å². The van der Waals surface area contributed by atoms with Gasteiger partial charge in [-0.3, -0.25) is 0 Å². The van der Waals surface area contributed by atoms with E-state index in [0.29, 0.717) is 0 Å². The Morgan fingerprint density at radius 3 is 1.21 bits per heavy atom. The lowest BCUT2D eigenvalue weighted by molar-refractivity contribution is 0.672. The van der Waals surface area contributed by atoms with Crippen molar-refractivity contribution in [3.8, 4) is 83.6 Å². The van der Waals surface area contributed by atoms with Gasteiger partial charge in [-0.25, -0.2) is 0 Å². The maximum Gasteiger partial charge on any atom is 0.160 e. The molecule has 68 heavy (non-hydrogen) atoms. The summed E-state index contributed by atoms with van der Waals surface area (Å²) in [5.41, 5.74) is 21.4. The van der Waals surface area contributed by atoms with E-state index >= 15 is 0 Å². The molecule has 0 aliphatic carbocycles. The van der Waals surface area contributed by atoms with E-state index in [1.807, 2.05) is 0 Å². The Bertz CT molecular complexity index is 3860. The third-order valence-electron chi connectivity index (χ3n) is 13.6. The summed E-state index contributed by atoms with van der Waals surface area (Å²) in [6.07, 6.45) is 0. The van der Waals surface area contributed by atoms with Gasteiger partial charge in [-0.15, -0.1) is 0 Å². The lowest BCUT2D eigenvalue weighted by atomic mass is 9.91. The molecule has 11 aromatic carbocycles. The fourth-order valence-corrected chi connectivity index (χ4v) is 10.2. The smallest absolute Gasteiger partial charge is 0.160 e. The Kier molecular flexibility index (Phi) is 9.54. The second-order valence-corrected chi connectivity index (χ2v) is 17.7. The van der Waals surface area contributed by atoms with Crippen LogP contribution in [0.25, 0.3) is 127 Å². The maximum absolute atomic E-state index is 7.29. The first kappa shape index (κ1) is 39.4. The monoisotopic (exact) mass is 865 g/mol. The van der Waals surface area contributed by atoms with Gasteiger partial charge in [0.15, 0.2) is 5.58 Å². The molecule has 0 bridgehead atoms. The standard InChI is InChI=1S/C66H43NO/c1-4-14-44(15-5-1)47-26-30-50(31-27-47)54-41-55(51-32-28-48(29-33-51)45-16-6-2-7-17-45)43-56(42-54)58-23-13-24-61-62-39-38-60-59-22-10-11-25-63(59)67(64(60)66(62)68-65(58)61)57-36-34-49(35-37-57)53-21-12-20-52(40-53)46-18-8-3-9-19-46/h1-43H. The molecule has 0 radical (unpaired) electrons. The molecule has 0 spiro atoms. The minimum atomic E-state index is 0.877. The molecule has 2 heteroatoms. The summed E-state index contributed by atoms with van der Waals surface area (Å²) in [5, 5.41) is 4.54. The highest BCUT2D eigenvalue weighted by Gasteiger charge is 2.21. The zero-order valence-corrected chi connectivity index (χ0v) is 37.2. The molecular weight excluding hydrogens is 823 g/mol. The molecule has 0 N–H and O–H groups in total. The highest BCUT2D eigenvalue weighted by molar-refractivity contribution is 6.22. The van der Waals surface area contributed by atoms with Crippen LogP contribution >= 0.6 is 0 Å². The number of rotatable bonds is 8. The average molecular weight is 866 g/mol. The van der Waals surface area contributed by atoms with Gasteiger partial charge in [-0.2, -0.15) is 0 Å². The van der Waals surface area contributed by atoms with Crippen molar-refractivity contribution in [2.24, 2.45) is 0 Å². The van der Waals surface area contributed by atoms with Crippen LogP contribution in [0.5, 0.6) is 0 Å². The Hall–Kier alpha value is -8.98. The highest BCUT2D eigenvalue weighted by Crippen LogP contribution is 2.44. The van der Waals surface area contributed by atoms with Crippen molar-refractivity contribution >= 4 is 43.7 Å². The van der Waals surface area contributed by atoms with E-state index in [-0.39, 0.29) is 0 Å². The predicted octanol–water partition coefficient (Wildman–Crippen LogP) is 18.4. The first-order valence-electron chi connectivity index (χ1n) is 23.3. The van der Waals surface area contributed by atoms with Gasteiger partial charge in [0.1, 0.15) is 5.58 Å². The van der Waals surface area contributed by atoms with Crippen molar-refractivity contribution in [1.82, 2.24) is 4.57 Å². The predicted molar refractivity (Wildman–Crippen MR) is 286 cm³/mol. The average Bonchev–Trinajstić information content (AvgIpc) is 3.98. The van der Waals surface area contributed by atoms with Crippen LogP contribution in [-0.2, 0) is 0 Å². The largest absolute Gasteiger partial charge is 0.453 e. The topological polar surface area (TPSA) is 18.1 Å². The summed E-state index contributed by atoms with van der Waals surface area (Å²) in [6.45, 7) is 0. The number of benzene rings is 11. The van der Waals surface area contributed by atoms with Gasteiger partial charge < -0.3 is 8.98 Å². The van der Waals surface area contributed by atoms with Gasteiger partial charge in [-0.05, 0) is 121 Å². The summed E-state index contributed by atoms with van der Waals surface area (Å²) in [5.74, 6) is 0. The van der Waals surface area contributed by atoms with Crippen LogP contribution in [0, 0.1) is 0 Å². The normalized spacial score (nSPS) is 11.5. The Balaban J connectivity index is 0.959. The van der Waals surface area contributed by atoms with E-state index < -0.39 is 0 Å². The van der Waals surface area contributed by atoms with Crippen LogP contribution < -0.4 is 0 Å². The number of nitrogens with zero attached hydrogens (tertiary/aromatic N) is 1. The number of hydrogen-bond donors (Lipinski definition) is 0. The Morgan fingerprint density at radius 1 is 0.235 bits per heavy atom. The van der Waals surface area contributed by atoms with Gasteiger partial charge in [-0.1, -0.05) is 212 Å². The molecule has 0 saturated heterocycles. The summed E-state index contributed by atoms with van der Waals surface area (Å²) in [7, 11) is 0. The fraction of sp³-hybridized carbons (Fsp3) is 0. The molecule has 13 aromatic rings. The Morgan fingerprint density at radius 2 is 0.618 bits per heavy atom. The van der Waals surface area contributed by atoms with E-state index in [9.17, 15) is 0 Å². The first-order valence-corrected chi connectivity index (χ1v) is 23.3. The zero-order valence-electron chi connectivity index (χ0n) is 37.2. The summed E-state index contributed by atoms with van der Waals surface area (Å²) < 4.78 is 9.68. The van der Waals surface area contributed by atoms with E-state index in [1.54, 1.807) is 0 Å². The van der Waals surface area contributed by atoms with Crippen molar-refractivity contribution < 1.29 is 4.42 Å². The second-order valence-electron chi connectivity index (χ2n) is 17.7. The zero-order chi connectivity index (χ0) is 45.0. The van der Waals surface area contributed by atoms with E-state index in [1.165, 1.54) is 49.9 Å². The Labute approximate surface area is 395 Å². The second kappa shape index (κ2) is 16.5. The van der Waals surface area contributed by atoms with E-state index in [2.05, 4.69) is 265 Å². The quantitative estimate of drug-likeness (QED) is 0.149. The van der Waals surface area contributed by atoms with Crippen molar-refractivity contribution in [3.63, 3.8) is 0 Å². The highest BCUT2D eigenvalue weighted by atomic mass is 16.3. The molecule has 0 amide bonds. The molecule has 13 rings (SSSR count). The molecule has 0 saturated carbocycles. The lowest BCUT2D eigenvalue weighted by Crippen LogP contribution is -1.94. The van der Waals surface area contributed by atoms with Crippen LogP contribution in [0.15, 0.2) is 265 Å². The molecule has 2 heterocycles. The summed E-state index contributed by atoms with van der Waals surface area (Å²) in [6, 6.07) is 94.2.